The van der Waals surface area contributed by atoms with Crippen molar-refractivity contribution in [2.75, 3.05) is 5.73 Å². The summed E-state index contributed by atoms with van der Waals surface area (Å²) >= 11 is 0. The third kappa shape index (κ3) is 4.92. The molecule has 0 radical (unpaired) electrons. The van der Waals surface area contributed by atoms with Crippen LogP contribution in [0.2, 0.25) is 0 Å². The maximum Gasteiger partial charge on any atom is 0.293 e. The number of carbonyl (C=O) groups is 1. The number of hydrogen-bond donors (Lipinski definition) is 3. The zero-order valence-electron chi connectivity index (χ0n) is 20.8. The van der Waals surface area contributed by atoms with Crippen LogP contribution in [0.4, 0.5) is 5.82 Å². The molecule has 0 saturated heterocycles. The zero-order chi connectivity index (χ0) is 25.4. The number of hydrazone groups is 1. The van der Waals surface area contributed by atoms with Crippen LogP contribution in [-0.4, -0.2) is 42.5 Å². The minimum absolute atomic E-state index is 0.0356. The predicted octanol–water partition coefficient (Wildman–Crippen LogP) is 3.42. The summed E-state index contributed by atoms with van der Waals surface area (Å²) in [6, 6.07) is 3.74. The van der Waals surface area contributed by atoms with Crippen molar-refractivity contribution in [2.45, 2.75) is 72.1 Å². The first kappa shape index (κ1) is 24.9. The van der Waals surface area contributed by atoms with Gasteiger partial charge < -0.3 is 10.8 Å². The van der Waals surface area contributed by atoms with Gasteiger partial charge in [0.25, 0.3) is 5.91 Å². The number of phenols is 1. The van der Waals surface area contributed by atoms with Gasteiger partial charge in [0, 0.05) is 11.1 Å². The summed E-state index contributed by atoms with van der Waals surface area (Å²) in [6.07, 6.45) is 1.54. The Morgan fingerprint density at radius 1 is 1.15 bits per heavy atom. The average Bonchev–Trinajstić information content (AvgIpc) is 3.33. The largest absolute Gasteiger partial charge is 0.507 e. The quantitative estimate of drug-likeness (QED) is 0.380. The summed E-state index contributed by atoms with van der Waals surface area (Å²) in [5.41, 5.74) is 10.7. The summed E-state index contributed by atoms with van der Waals surface area (Å²) in [5, 5.41) is 30.3. The highest BCUT2D eigenvalue weighted by atomic mass is 16.6. The van der Waals surface area contributed by atoms with Gasteiger partial charge in [-0.2, -0.15) is 9.78 Å². The van der Waals surface area contributed by atoms with E-state index in [0.717, 1.165) is 16.7 Å². The Kier molecular flexibility index (Phi) is 6.50. The third-order valence-corrected chi connectivity index (χ3v) is 5.29. The first-order valence-electron chi connectivity index (χ1n) is 11.0. The van der Waals surface area contributed by atoms with Crippen LogP contribution in [0.15, 0.2) is 21.9 Å². The first-order valence-corrected chi connectivity index (χ1v) is 11.0. The van der Waals surface area contributed by atoms with Gasteiger partial charge in [0.1, 0.15) is 5.75 Å². The molecular formula is C23H32N8O3. The molecule has 3 aromatic rings. The number of benzene rings is 1. The van der Waals surface area contributed by atoms with E-state index >= 15 is 0 Å². The van der Waals surface area contributed by atoms with Crippen molar-refractivity contribution in [1.82, 2.24) is 30.7 Å². The number of rotatable bonds is 5. The number of nitrogen functional groups attached to an aromatic ring is 1. The van der Waals surface area contributed by atoms with Gasteiger partial charge in [0.15, 0.2) is 5.69 Å². The standard InChI is InChI=1S/C23H32N8O3/c1-12(2)17-16(26-30-31(17)20-19(24)28-34-29-20)21(33)27-25-11-13-9-14(22(3,4)5)18(32)15(10-13)23(6,7)8/h9-12,32H,1-8H3,(H2,24,28)(H,27,33)/b25-11-. The van der Waals surface area contributed by atoms with Gasteiger partial charge >= 0.3 is 0 Å². The summed E-state index contributed by atoms with van der Waals surface area (Å²) < 4.78 is 5.97. The number of anilines is 1. The molecule has 2 heterocycles. The highest BCUT2D eigenvalue weighted by Crippen LogP contribution is 2.39. The molecule has 0 aliphatic rings. The topological polar surface area (TPSA) is 157 Å². The number of nitrogens with one attached hydrogen (secondary N) is 1. The molecule has 0 saturated carbocycles. The summed E-state index contributed by atoms with van der Waals surface area (Å²) in [6.45, 7) is 16.0. The van der Waals surface area contributed by atoms with Crippen LogP contribution >= 0.6 is 0 Å². The Morgan fingerprint density at radius 2 is 1.74 bits per heavy atom. The van der Waals surface area contributed by atoms with Crippen molar-refractivity contribution in [2.24, 2.45) is 5.10 Å². The predicted molar refractivity (Wildman–Crippen MR) is 128 cm³/mol. The second-order valence-corrected chi connectivity index (χ2v) is 10.5. The Morgan fingerprint density at radius 3 is 2.21 bits per heavy atom. The SMILES string of the molecule is CC(C)c1c(C(=O)N/N=C\c2cc(C(C)(C)C)c(O)c(C(C)(C)C)c2)nnn1-c1nonc1N. The van der Waals surface area contributed by atoms with E-state index in [1.165, 1.54) is 4.68 Å². The van der Waals surface area contributed by atoms with Crippen molar-refractivity contribution in [3.63, 3.8) is 0 Å². The molecule has 1 aromatic carbocycles. The van der Waals surface area contributed by atoms with E-state index in [0.29, 0.717) is 5.69 Å². The van der Waals surface area contributed by atoms with E-state index in [1.54, 1.807) is 6.21 Å². The molecule has 0 fully saturated rings. The van der Waals surface area contributed by atoms with E-state index < -0.39 is 5.91 Å². The Hall–Kier alpha value is -3.76. The smallest absolute Gasteiger partial charge is 0.293 e. The summed E-state index contributed by atoms with van der Waals surface area (Å²) in [4.78, 5) is 12.9. The summed E-state index contributed by atoms with van der Waals surface area (Å²) in [7, 11) is 0. The van der Waals surface area contributed by atoms with E-state index in [-0.39, 0.29) is 39.8 Å². The molecule has 11 heteroatoms. The molecule has 0 aliphatic heterocycles. The van der Waals surface area contributed by atoms with Crippen LogP contribution in [0.3, 0.4) is 0 Å². The Bertz CT molecular complexity index is 1190. The normalized spacial score (nSPS) is 12.6. The number of nitrogens with zero attached hydrogens (tertiary/aromatic N) is 6. The lowest BCUT2D eigenvalue weighted by Gasteiger charge is -2.27. The third-order valence-electron chi connectivity index (χ3n) is 5.29. The molecule has 0 spiro atoms. The summed E-state index contributed by atoms with van der Waals surface area (Å²) in [5.74, 6) is -0.189. The lowest BCUT2D eigenvalue weighted by atomic mass is 9.78. The average molecular weight is 469 g/mol. The van der Waals surface area contributed by atoms with Crippen molar-refractivity contribution in [3.8, 4) is 11.6 Å². The molecule has 1 amide bonds. The number of aromatic nitrogens is 5. The molecule has 34 heavy (non-hydrogen) atoms. The number of carbonyl (C=O) groups excluding carboxylic acids is 1. The van der Waals surface area contributed by atoms with Gasteiger partial charge in [0.05, 0.1) is 11.9 Å². The first-order chi connectivity index (χ1) is 15.7. The van der Waals surface area contributed by atoms with Crippen LogP contribution < -0.4 is 11.2 Å². The molecule has 2 aromatic heterocycles. The number of amides is 1. The molecule has 11 nitrogen and oxygen atoms in total. The van der Waals surface area contributed by atoms with Crippen LogP contribution in [0.1, 0.15) is 94.2 Å². The number of aromatic hydroxyl groups is 1. The van der Waals surface area contributed by atoms with Crippen LogP contribution in [-0.2, 0) is 10.8 Å². The molecule has 0 bridgehead atoms. The maximum atomic E-state index is 12.9. The molecular weight excluding hydrogens is 436 g/mol. The highest BCUT2D eigenvalue weighted by molar-refractivity contribution is 5.94. The zero-order valence-corrected chi connectivity index (χ0v) is 20.8. The van der Waals surface area contributed by atoms with Crippen molar-refractivity contribution >= 4 is 17.9 Å². The van der Waals surface area contributed by atoms with Crippen LogP contribution in [0, 0.1) is 0 Å². The molecule has 0 aliphatic carbocycles. The molecule has 4 N–H and O–H groups in total. The molecule has 0 atom stereocenters. The minimum Gasteiger partial charge on any atom is -0.507 e. The molecule has 0 unspecified atom stereocenters. The molecule has 182 valence electrons. The van der Waals surface area contributed by atoms with Gasteiger partial charge in [-0.25, -0.2) is 10.1 Å². The second-order valence-electron chi connectivity index (χ2n) is 10.5. The fraction of sp³-hybridized carbons (Fsp3) is 0.478. The lowest BCUT2D eigenvalue weighted by Crippen LogP contribution is -2.21. The van der Waals surface area contributed by atoms with E-state index in [9.17, 15) is 9.90 Å². The van der Waals surface area contributed by atoms with Gasteiger partial charge in [-0.3, -0.25) is 4.79 Å². The highest BCUT2D eigenvalue weighted by Gasteiger charge is 2.27. The second kappa shape index (κ2) is 8.88. The number of nitrogens with two attached hydrogens (primary N) is 1. The van der Waals surface area contributed by atoms with Crippen molar-refractivity contribution in [1.29, 1.82) is 0 Å². The fourth-order valence-corrected chi connectivity index (χ4v) is 3.56. The van der Waals surface area contributed by atoms with Gasteiger partial charge in [-0.05, 0) is 44.8 Å². The minimum atomic E-state index is -0.535. The van der Waals surface area contributed by atoms with Crippen LogP contribution in [0.25, 0.3) is 5.82 Å². The van der Waals surface area contributed by atoms with Crippen molar-refractivity contribution in [3.05, 3.63) is 40.2 Å². The maximum absolute atomic E-state index is 12.9. The van der Waals surface area contributed by atoms with Gasteiger partial charge in [0.2, 0.25) is 11.6 Å². The van der Waals surface area contributed by atoms with Gasteiger partial charge in [-0.1, -0.05) is 60.6 Å². The fourth-order valence-electron chi connectivity index (χ4n) is 3.56. The van der Waals surface area contributed by atoms with Gasteiger partial charge in [-0.15, -0.1) is 5.10 Å². The van der Waals surface area contributed by atoms with E-state index in [4.69, 9.17) is 5.73 Å². The lowest BCUT2D eigenvalue weighted by molar-refractivity contribution is 0.0948. The van der Waals surface area contributed by atoms with E-state index in [1.807, 2.05) is 67.5 Å². The monoisotopic (exact) mass is 468 g/mol. The molecule has 3 rings (SSSR count). The number of phenolic OH excluding ortho intramolecular Hbond substituents is 1. The Balaban J connectivity index is 1.91. The van der Waals surface area contributed by atoms with Crippen molar-refractivity contribution < 1.29 is 14.5 Å². The van der Waals surface area contributed by atoms with Crippen LogP contribution in [0.5, 0.6) is 5.75 Å². The van der Waals surface area contributed by atoms with E-state index in [2.05, 4.69) is 35.8 Å². The number of hydrogen-bond acceptors (Lipinski definition) is 9. The Labute approximate surface area is 198 Å².